The summed E-state index contributed by atoms with van der Waals surface area (Å²) in [7, 11) is 1.50. The van der Waals surface area contributed by atoms with E-state index in [1.54, 1.807) is 47.4 Å². The Labute approximate surface area is 205 Å². The molecule has 1 fully saturated rings. The van der Waals surface area contributed by atoms with Crippen molar-refractivity contribution in [3.8, 4) is 11.5 Å². The van der Waals surface area contributed by atoms with E-state index in [4.69, 9.17) is 44.9 Å². The summed E-state index contributed by atoms with van der Waals surface area (Å²) in [5.41, 5.74) is 1.26. The number of hydrogen-bond acceptors (Lipinski definition) is 6. The SMILES string of the molecule is COc1cc(/C=C2\SC(=S)N(C(C)C)C2=O)ccc1OCC(=O)Nc1ccc(Cl)c(Cl)c1. The number of thiocarbonyl (C=S) groups is 1. The van der Waals surface area contributed by atoms with Gasteiger partial charge in [0.15, 0.2) is 18.1 Å². The Balaban J connectivity index is 1.68. The van der Waals surface area contributed by atoms with Crippen LogP contribution in [-0.2, 0) is 9.59 Å². The van der Waals surface area contributed by atoms with E-state index in [-0.39, 0.29) is 24.5 Å². The van der Waals surface area contributed by atoms with E-state index in [2.05, 4.69) is 5.32 Å². The second-order valence-corrected chi connectivity index (χ2v) is 9.51. The van der Waals surface area contributed by atoms with Crippen molar-refractivity contribution in [1.29, 1.82) is 0 Å². The molecule has 0 bridgehead atoms. The van der Waals surface area contributed by atoms with E-state index in [0.717, 1.165) is 5.56 Å². The van der Waals surface area contributed by atoms with Gasteiger partial charge in [0.2, 0.25) is 0 Å². The monoisotopic (exact) mass is 510 g/mol. The maximum atomic E-state index is 12.6. The second kappa shape index (κ2) is 10.6. The van der Waals surface area contributed by atoms with Gasteiger partial charge in [-0.2, -0.15) is 0 Å². The first-order valence-corrected chi connectivity index (χ1v) is 11.5. The van der Waals surface area contributed by atoms with Crippen molar-refractivity contribution in [1.82, 2.24) is 4.90 Å². The number of methoxy groups -OCH3 is 1. The van der Waals surface area contributed by atoms with Crippen LogP contribution in [0.2, 0.25) is 10.0 Å². The topological polar surface area (TPSA) is 67.9 Å². The summed E-state index contributed by atoms with van der Waals surface area (Å²) in [6.07, 6.45) is 1.75. The van der Waals surface area contributed by atoms with Crippen LogP contribution in [0.5, 0.6) is 11.5 Å². The lowest BCUT2D eigenvalue weighted by Crippen LogP contribution is -2.34. The summed E-state index contributed by atoms with van der Waals surface area (Å²) in [6.45, 7) is 3.60. The number of hydrogen-bond donors (Lipinski definition) is 1. The molecule has 0 aliphatic carbocycles. The predicted octanol–water partition coefficient (Wildman–Crippen LogP) is 5.63. The number of rotatable bonds is 7. The van der Waals surface area contributed by atoms with Gasteiger partial charge in [-0.3, -0.25) is 14.5 Å². The smallest absolute Gasteiger partial charge is 0.266 e. The Morgan fingerprint density at radius 3 is 2.56 bits per heavy atom. The quantitative estimate of drug-likeness (QED) is 0.384. The molecular weight excluding hydrogens is 491 g/mol. The lowest BCUT2D eigenvalue weighted by atomic mass is 10.1. The zero-order valence-corrected chi connectivity index (χ0v) is 20.6. The van der Waals surface area contributed by atoms with Gasteiger partial charge in [-0.15, -0.1) is 0 Å². The Kier molecular flexibility index (Phi) is 8.05. The lowest BCUT2D eigenvalue weighted by Gasteiger charge is -2.18. The molecule has 2 aromatic rings. The first-order chi connectivity index (χ1) is 15.2. The van der Waals surface area contributed by atoms with Gasteiger partial charge in [-0.05, 0) is 55.8 Å². The van der Waals surface area contributed by atoms with Crippen molar-refractivity contribution in [2.75, 3.05) is 19.0 Å². The summed E-state index contributed by atoms with van der Waals surface area (Å²) in [4.78, 5) is 26.9. The highest BCUT2D eigenvalue weighted by atomic mass is 35.5. The first kappa shape index (κ1) is 24.4. The van der Waals surface area contributed by atoms with Gasteiger partial charge >= 0.3 is 0 Å². The van der Waals surface area contributed by atoms with Crippen LogP contribution in [0.3, 0.4) is 0 Å². The number of ether oxygens (including phenoxy) is 2. The highest BCUT2D eigenvalue weighted by Gasteiger charge is 2.33. The van der Waals surface area contributed by atoms with E-state index in [1.807, 2.05) is 13.8 Å². The number of anilines is 1. The van der Waals surface area contributed by atoms with Crippen LogP contribution in [0.25, 0.3) is 6.08 Å². The third-order valence-electron chi connectivity index (χ3n) is 4.39. The number of benzene rings is 2. The fourth-order valence-corrected chi connectivity index (χ4v) is 4.71. The zero-order valence-electron chi connectivity index (χ0n) is 17.5. The van der Waals surface area contributed by atoms with Crippen LogP contribution >= 0.6 is 47.2 Å². The summed E-state index contributed by atoms with van der Waals surface area (Å²) in [5.74, 6) is 0.337. The molecule has 0 unspecified atom stereocenters. The number of thioether (sulfide) groups is 1. The standard InChI is InChI=1S/C22H20Cl2N2O4S2/c1-12(2)26-21(28)19(32-22(26)31)9-13-4-7-17(18(8-13)29-3)30-11-20(27)25-14-5-6-15(23)16(24)10-14/h4-10,12H,11H2,1-3H3,(H,25,27)/b19-9-. The molecular formula is C22H20Cl2N2O4S2. The van der Waals surface area contributed by atoms with Crippen molar-refractivity contribution in [2.24, 2.45) is 0 Å². The first-order valence-electron chi connectivity index (χ1n) is 9.52. The molecule has 1 aliphatic heterocycles. The maximum Gasteiger partial charge on any atom is 0.266 e. The maximum absolute atomic E-state index is 12.6. The molecule has 0 spiro atoms. The Morgan fingerprint density at radius 1 is 1.19 bits per heavy atom. The van der Waals surface area contributed by atoms with E-state index < -0.39 is 0 Å². The molecule has 0 saturated carbocycles. The molecule has 1 heterocycles. The van der Waals surface area contributed by atoms with Crippen molar-refractivity contribution < 1.29 is 19.1 Å². The predicted molar refractivity (Wildman–Crippen MR) is 134 cm³/mol. The average molecular weight is 511 g/mol. The van der Waals surface area contributed by atoms with Gasteiger partial charge in [0.25, 0.3) is 11.8 Å². The minimum absolute atomic E-state index is 0.00578. The van der Waals surface area contributed by atoms with Crippen molar-refractivity contribution in [2.45, 2.75) is 19.9 Å². The minimum atomic E-state index is -0.369. The van der Waals surface area contributed by atoms with Crippen molar-refractivity contribution >= 4 is 75.1 Å². The molecule has 1 aliphatic rings. The van der Waals surface area contributed by atoms with Gasteiger partial charge in [0.1, 0.15) is 4.32 Å². The van der Waals surface area contributed by atoms with Crippen molar-refractivity contribution in [3.63, 3.8) is 0 Å². The Bertz CT molecular complexity index is 1110. The molecule has 2 amide bonds. The minimum Gasteiger partial charge on any atom is -0.493 e. The molecule has 10 heteroatoms. The molecule has 2 aromatic carbocycles. The molecule has 0 radical (unpaired) electrons. The lowest BCUT2D eigenvalue weighted by molar-refractivity contribution is -0.123. The zero-order chi connectivity index (χ0) is 23.4. The van der Waals surface area contributed by atoms with Crippen LogP contribution in [0.1, 0.15) is 19.4 Å². The van der Waals surface area contributed by atoms with Crippen LogP contribution in [0.15, 0.2) is 41.3 Å². The molecule has 1 saturated heterocycles. The molecule has 32 heavy (non-hydrogen) atoms. The number of carbonyl (C=O) groups is 2. The Hall–Kier alpha value is -2.26. The van der Waals surface area contributed by atoms with Gasteiger partial charge in [0.05, 0.1) is 22.1 Å². The van der Waals surface area contributed by atoms with Gasteiger partial charge in [0, 0.05) is 11.7 Å². The van der Waals surface area contributed by atoms with Crippen LogP contribution in [-0.4, -0.2) is 40.8 Å². The van der Waals surface area contributed by atoms with E-state index in [1.165, 1.54) is 18.9 Å². The molecule has 168 valence electrons. The second-order valence-electron chi connectivity index (χ2n) is 7.02. The van der Waals surface area contributed by atoms with Crippen LogP contribution in [0, 0.1) is 0 Å². The Morgan fingerprint density at radius 2 is 1.94 bits per heavy atom. The number of amides is 2. The summed E-state index contributed by atoms with van der Waals surface area (Å²) >= 11 is 18.4. The molecule has 0 aromatic heterocycles. The average Bonchev–Trinajstić information content (AvgIpc) is 3.02. The van der Waals surface area contributed by atoms with Crippen LogP contribution in [0.4, 0.5) is 5.69 Å². The highest BCUT2D eigenvalue weighted by molar-refractivity contribution is 8.26. The number of nitrogens with zero attached hydrogens (tertiary/aromatic N) is 1. The normalized spacial score (nSPS) is 14.9. The third kappa shape index (κ3) is 5.75. The molecule has 3 rings (SSSR count). The fourth-order valence-electron chi connectivity index (χ4n) is 2.88. The fraction of sp³-hybridized carbons (Fsp3) is 0.227. The van der Waals surface area contributed by atoms with Gasteiger partial charge in [-0.1, -0.05) is 53.2 Å². The van der Waals surface area contributed by atoms with Gasteiger partial charge < -0.3 is 14.8 Å². The van der Waals surface area contributed by atoms with E-state index >= 15 is 0 Å². The number of nitrogens with one attached hydrogen (secondary N) is 1. The molecule has 6 nitrogen and oxygen atoms in total. The van der Waals surface area contributed by atoms with E-state index in [0.29, 0.717) is 36.5 Å². The van der Waals surface area contributed by atoms with Gasteiger partial charge in [-0.25, -0.2) is 0 Å². The number of carbonyl (C=O) groups excluding carboxylic acids is 2. The van der Waals surface area contributed by atoms with Crippen LogP contribution < -0.4 is 14.8 Å². The molecule has 0 atom stereocenters. The summed E-state index contributed by atoms with van der Waals surface area (Å²) < 4.78 is 11.5. The molecule has 1 N–H and O–H groups in total. The summed E-state index contributed by atoms with van der Waals surface area (Å²) in [5, 5.41) is 3.43. The highest BCUT2D eigenvalue weighted by Crippen LogP contribution is 2.35. The number of halogens is 2. The third-order valence-corrected chi connectivity index (χ3v) is 6.46. The van der Waals surface area contributed by atoms with Crippen molar-refractivity contribution in [3.05, 3.63) is 56.9 Å². The largest absolute Gasteiger partial charge is 0.493 e. The summed E-state index contributed by atoms with van der Waals surface area (Å²) in [6, 6.07) is 9.97. The van der Waals surface area contributed by atoms with E-state index in [9.17, 15) is 9.59 Å².